The maximum absolute atomic E-state index is 11.9. The fourth-order valence-corrected chi connectivity index (χ4v) is 2.46. The fraction of sp³-hybridized carbons (Fsp3) is 0.500. The maximum atomic E-state index is 11.9. The highest BCUT2D eigenvalue weighted by molar-refractivity contribution is 7.89. The largest absolute Gasteiger partial charge is 0.478 e. The van der Waals surface area contributed by atoms with Crippen molar-refractivity contribution in [2.24, 2.45) is 0 Å². The quantitative estimate of drug-likeness (QED) is 0.782. The number of nitrogens with zero attached hydrogens (tertiary/aromatic N) is 2. The summed E-state index contributed by atoms with van der Waals surface area (Å²) in [6.45, 7) is 3.35. The summed E-state index contributed by atoms with van der Waals surface area (Å²) in [4.78, 5) is 10.9. The van der Waals surface area contributed by atoms with Gasteiger partial charge in [0.05, 0.1) is 0 Å². The molecule has 0 amide bonds. The van der Waals surface area contributed by atoms with Gasteiger partial charge in [-0.05, 0) is 6.92 Å². The number of rotatable bonds is 4. The lowest BCUT2D eigenvalue weighted by Gasteiger charge is -2.12. The molecule has 0 spiro atoms. The lowest BCUT2D eigenvalue weighted by Crippen LogP contribution is -2.28. The third kappa shape index (κ3) is 1.93. The molecule has 16 heavy (non-hydrogen) atoms. The molecule has 8 heteroatoms. The highest BCUT2D eigenvalue weighted by Gasteiger charge is 2.30. The molecular formula is C8H13N3O4S. The smallest absolute Gasteiger partial charge is 0.340 e. The summed E-state index contributed by atoms with van der Waals surface area (Å²) in [6.07, 6.45) is 0. The molecule has 1 heterocycles. The molecular weight excluding hydrogens is 234 g/mol. The summed E-state index contributed by atoms with van der Waals surface area (Å²) >= 11 is 0. The Balaban J connectivity index is 3.40. The first-order valence-electron chi connectivity index (χ1n) is 4.57. The van der Waals surface area contributed by atoms with Gasteiger partial charge < -0.3 is 5.11 Å². The highest BCUT2D eigenvalue weighted by Crippen LogP contribution is 2.19. The zero-order valence-corrected chi connectivity index (χ0v) is 10.00. The lowest BCUT2D eigenvalue weighted by atomic mass is 10.3. The number of carbonyl (C=O) groups is 1. The number of hydrogen-bond donors (Lipinski definition) is 2. The van der Waals surface area contributed by atoms with E-state index in [1.807, 2.05) is 0 Å². The number of hydrogen-bond acceptors (Lipinski definition) is 4. The molecule has 0 saturated heterocycles. The molecule has 0 unspecified atom stereocenters. The van der Waals surface area contributed by atoms with Crippen molar-refractivity contribution in [2.45, 2.75) is 18.9 Å². The van der Waals surface area contributed by atoms with E-state index in [9.17, 15) is 13.2 Å². The SMILES string of the molecule is CCN(C)S(=O)(=O)c1n[nH]c(C)c1C(=O)O. The van der Waals surface area contributed by atoms with Crippen molar-refractivity contribution < 1.29 is 18.3 Å². The van der Waals surface area contributed by atoms with Crippen molar-refractivity contribution >= 4 is 16.0 Å². The molecule has 0 atom stereocenters. The summed E-state index contributed by atoms with van der Waals surface area (Å²) in [7, 11) is -2.47. The summed E-state index contributed by atoms with van der Waals surface area (Å²) in [5, 5.41) is 14.4. The highest BCUT2D eigenvalue weighted by atomic mass is 32.2. The summed E-state index contributed by atoms with van der Waals surface area (Å²) in [5.74, 6) is -1.31. The third-order valence-electron chi connectivity index (χ3n) is 2.23. The van der Waals surface area contributed by atoms with Gasteiger partial charge in [0, 0.05) is 19.3 Å². The normalized spacial score (nSPS) is 12.0. The Kier molecular flexibility index (Phi) is 3.34. The Hall–Kier alpha value is -1.41. The number of aromatic nitrogens is 2. The molecule has 0 fully saturated rings. The van der Waals surface area contributed by atoms with Crippen LogP contribution in [0, 0.1) is 6.92 Å². The molecule has 0 radical (unpaired) electrons. The van der Waals surface area contributed by atoms with Crippen LogP contribution in [0.25, 0.3) is 0 Å². The van der Waals surface area contributed by atoms with Gasteiger partial charge in [-0.25, -0.2) is 13.2 Å². The minimum atomic E-state index is -3.83. The predicted octanol–water partition coefficient (Wildman–Crippen LogP) is 0.0567. The van der Waals surface area contributed by atoms with Gasteiger partial charge in [-0.15, -0.1) is 0 Å². The molecule has 1 aromatic rings. The van der Waals surface area contributed by atoms with E-state index in [0.717, 1.165) is 4.31 Å². The first-order valence-corrected chi connectivity index (χ1v) is 6.01. The number of aromatic carboxylic acids is 1. The van der Waals surface area contributed by atoms with Crippen LogP contribution >= 0.6 is 0 Å². The second-order valence-electron chi connectivity index (χ2n) is 3.25. The minimum absolute atomic E-state index is 0.218. The van der Waals surface area contributed by atoms with Crippen LogP contribution in [0.2, 0.25) is 0 Å². The maximum Gasteiger partial charge on any atom is 0.340 e. The minimum Gasteiger partial charge on any atom is -0.478 e. The van der Waals surface area contributed by atoms with Gasteiger partial charge in [-0.2, -0.15) is 9.40 Å². The first-order chi connectivity index (χ1) is 7.32. The van der Waals surface area contributed by atoms with Crippen LogP contribution < -0.4 is 0 Å². The second kappa shape index (κ2) is 4.22. The van der Waals surface area contributed by atoms with Gasteiger partial charge in [-0.1, -0.05) is 6.92 Å². The van der Waals surface area contributed by atoms with Gasteiger partial charge in [-0.3, -0.25) is 5.10 Å². The Morgan fingerprint density at radius 1 is 1.56 bits per heavy atom. The first kappa shape index (κ1) is 12.7. The zero-order valence-electron chi connectivity index (χ0n) is 9.18. The number of H-pyrrole nitrogens is 1. The van der Waals surface area contributed by atoms with Crippen LogP contribution in [0.15, 0.2) is 5.03 Å². The average molecular weight is 247 g/mol. The Labute approximate surface area is 93.1 Å². The van der Waals surface area contributed by atoms with Crippen LogP contribution in [-0.4, -0.2) is 47.6 Å². The van der Waals surface area contributed by atoms with Crippen LogP contribution in [0.4, 0.5) is 0 Å². The molecule has 0 aliphatic heterocycles. The monoisotopic (exact) mass is 247 g/mol. The van der Waals surface area contributed by atoms with E-state index in [1.165, 1.54) is 14.0 Å². The number of sulfonamides is 1. The van der Waals surface area contributed by atoms with Crippen LogP contribution in [-0.2, 0) is 10.0 Å². The number of carboxylic acid groups (broad SMARTS) is 1. The van der Waals surface area contributed by atoms with E-state index < -0.39 is 21.0 Å². The topological polar surface area (TPSA) is 103 Å². The van der Waals surface area contributed by atoms with Crippen molar-refractivity contribution in [1.29, 1.82) is 0 Å². The van der Waals surface area contributed by atoms with E-state index in [2.05, 4.69) is 10.2 Å². The fourth-order valence-electron chi connectivity index (χ4n) is 1.16. The van der Waals surface area contributed by atoms with Gasteiger partial charge in [0.1, 0.15) is 5.56 Å². The molecule has 90 valence electrons. The van der Waals surface area contributed by atoms with E-state index in [0.29, 0.717) is 0 Å². The van der Waals surface area contributed by atoms with Crippen LogP contribution in [0.5, 0.6) is 0 Å². The second-order valence-corrected chi connectivity index (χ2v) is 5.21. The van der Waals surface area contributed by atoms with E-state index in [1.54, 1.807) is 6.92 Å². The molecule has 0 aliphatic rings. The Morgan fingerprint density at radius 2 is 2.12 bits per heavy atom. The van der Waals surface area contributed by atoms with Crippen molar-refractivity contribution in [3.05, 3.63) is 11.3 Å². The number of aromatic amines is 1. The van der Waals surface area contributed by atoms with E-state index in [-0.39, 0.29) is 17.8 Å². The van der Waals surface area contributed by atoms with E-state index in [4.69, 9.17) is 5.11 Å². The molecule has 0 aliphatic carbocycles. The molecule has 1 aromatic heterocycles. The van der Waals surface area contributed by atoms with Crippen LogP contribution in [0.3, 0.4) is 0 Å². The summed E-state index contributed by atoms with van der Waals surface area (Å²) in [5.41, 5.74) is -0.0871. The molecule has 1 rings (SSSR count). The number of aryl methyl sites for hydroxylation is 1. The number of carboxylic acids is 1. The van der Waals surface area contributed by atoms with Crippen molar-refractivity contribution in [1.82, 2.24) is 14.5 Å². The molecule has 0 bridgehead atoms. The standard InChI is InChI=1S/C8H13N3O4S/c1-4-11(3)16(14,15)7-6(8(12)13)5(2)9-10-7/h4H2,1-3H3,(H,9,10)(H,12,13). The average Bonchev–Trinajstić information content (AvgIpc) is 2.59. The lowest BCUT2D eigenvalue weighted by molar-refractivity contribution is 0.0691. The van der Waals surface area contributed by atoms with Gasteiger partial charge in [0.15, 0.2) is 0 Å². The molecule has 2 N–H and O–H groups in total. The van der Waals surface area contributed by atoms with E-state index >= 15 is 0 Å². The zero-order chi connectivity index (χ0) is 12.5. The number of nitrogens with one attached hydrogen (secondary N) is 1. The van der Waals surface area contributed by atoms with Gasteiger partial charge >= 0.3 is 5.97 Å². The van der Waals surface area contributed by atoms with Crippen molar-refractivity contribution in [3.8, 4) is 0 Å². The van der Waals surface area contributed by atoms with Gasteiger partial charge in [0.25, 0.3) is 10.0 Å². The summed E-state index contributed by atoms with van der Waals surface area (Å²) < 4.78 is 24.8. The van der Waals surface area contributed by atoms with Crippen LogP contribution in [0.1, 0.15) is 23.0 Å². The molecule has 0 aromatic carbocycles. The third-order valence-corrected chi connectivity index (χ3v) is 4.09. The van der Waals surface area contributed by atoms with Crippen molar-refractivity contribution in [3.63, 3.8) is 0 Å². The van der Waals surface area contributed by atoms with Gasteiger partial charge in [0.2, 0.25) is 5.03 Å². The Morgan fingerprint density at radius 3 is 2.56 bits per heavy atom. The Bertz CT molecular complexity index is 505. The molecule has 7 nitrogen and oxygen atoms in total. The predicted molar refractivity (Wildman–Crippen MR) is 55.8 cm³/mol. The molecule has 0 saturated carbocycles. The summed E-state index contributed by atoms with van der Waals surface area (Å²) in [6, 6.07) is 0. The van der Waals surface area contributed by atoms with Crippen molar-refractivity contribution in [2.75, 3.05) is 13.6 Å².